The van der Waals surface area contributed by atoms with Crippen LogP contribution in [0.15, 0.2) is 54.6 Å². The molecular weight excluding hydrogens is 254 g/mol. The number of rotatable bonds is 0. The minimum atomic E-state index is 0.849. The van der Waals surface area contributed by atoms with Gasteiger partial charge < -0.3 is 4.98 Å². The molecule has 3 aromatic rings. The van der Waals surface area contributed by atoms with Gasteiger partial charge in [-0.15, -0.1) is 0 Å². The van der Waals surface area contributed by atoms with Crippen LogP contribution in [0.4, 0.5) is 0 Å². The summed E-state index contributed by atoms with van der Waals surface area (Å²) >= 11 is 0. The van der Waals surface area contributed by atoms with Gasteiger partial charge in [-0.2, -0.15) is 0 Å². The number of aromatic nitrogens is 1. The lowest BCUT2D eigenvalue weighted by molar-refractivity contribution is 0.499. The first-order chi connectivity index (χ1) is 10.2. The number of nitrogens with one attached hydrogen (secondary N) is 1. The lowest BCUT2D eigenvalue weighted by atomic mass is 9.88. The molecule has 1 heteroatoms. The second-order valence-electron chi connectivity index (χ2n) is 6.13. The zero-order chi connectivity index (χ0) is 14.7. The fraction of sp³-hybridized carbons (Fsp3) is 0.300. The molecule has 0 saturated carbocycles. The van der Waals surface area contributed by atoms with E-state index in [9.17, 15) is 0 Å². The topological polar surface area (TPSA) is 15.8 Å². The van der Waals surface area contributed by atoms with E-state index in [4.69, 9.17) is 0 Å². The quantitative estimate of drug-likeness (QED) is 0.575. The van der Waals surface area contributed by atoms with Crippen LogP contribution in [0.5, 0.6) is 0 Å². The Morgan fingerprint density at radius 2 is 1.67 bits per heavy atom. The predicted molar refractivity (Wildman–Crippen MR) is 90.7 cm³/mol. The third-order valence-electron chi connectivity index (χ3n) is 4.28. The summed E-state index contributed by atoms with van der Waals surface area (Å²) in [6, 6.07) is 18.9. The maximum Gasteiger partial charge on any atom is 0.0458 e. The zero-order valence-corrected chi connectivity index (χ0v) is 12.9. The Morgan fingerprint density at radius 1 is 0.952 bits per heavy atom. The molecule has 2 aromatic carbocycles. The van der Waals surface area contributed by atoms with E-state index in [0.717, 1.165) is 5.92 Å². The van der Waals surface area contributed by atoms with E-state index in [-0.39, 0.29) is 0 Å². The second-order valence-corrected chi connectivity index (χ2v) is 6.13. The lowest BCUT2D eigenvalue weighted by Gasteiger charge is -2.17. The van der Waals surface area contributed by atoms with E-state index in [0.29, 0.717) is 0 Å². The molecule has 0 aliphatic heterocycles. The first kappa shape index (κ1) is 13.9. The smallest absolute Gasteiger partial charge is 0.0458 e. The van der Waals surface area contributed by atoms with Crippen molar-refractivity contribution in [3.8, 4) is 0 Å². The maximum atomic E-state index is 3.54. The summed E-state index contributed by atoms with van der Waals surface area (Å²) in [6.45, 7) is 4.44. The van der Waals surface area contributed by atoms with Gasteiger partial charge in [-0.05, 0) is 43.7 Å². The molecule has 21 heavy (non-hydrogen) atoms. The number of fused-ring (bicyclic) bond motifs is 3. The number of hydrogen-bond acceptors (Lipinski definition) is 0. The minimum Gasteiger partial charge on any atom is -0.358 e. The molecule has 1 atom stereocenters. The van der Waals surface area contributed by atoms with Crippen LogP contribution in [0.3, 0.4) is 0 Å². The van der Waals surface area contributed by atoms with Gasteiger partial charge in [0.15, 0.2) is 0 Å². The van der Waals surface area contributed by atoms with Gasteiger partial charge in [-0.25, -0.2) is 0 Å². The van der Waals surface area contributed by atoms with E-state index in [1.165, 1.54) is 41.4 Å². The molecule has 0 amide bonds. The predicted octanol–water partition coefficient (Wildman–Crippen LogP) is 5.29. The fourth-order valence-corrected chi connectivity index (χ4v) is 3.08. The number of aromatic amines is 1. The number of aryl methyl sites for hydroxylation is 2. The molecule has 0 fully saturated rings. The minimum absolute atomic E-state index is 0.849. The fourth-order valence-electron chi connectivity index (χ4n) is 3.08. The second kappa shape index (κ2) is 6.17. The largest absolute Gasteiger partial charge is 0.358 e. The Labute approximate surface area is 127 Å². The molecule has 108 valence electrons. The van der Waals surface area contributed by atoms with Crippen molar-refractivity contribution in [3.63, 3.8) is 0 Å². The van der Waals surface area contributed by atoms with Gasteiger partial charge in [-0.3, -0.25) is 0 Å². The van der Waals surface area contributed by atoms with Crippen LogP contribution in [-0.4, -0.2) is 4.98 Å². The van der Waals surface area contributed by atoms with E-state index < -0.39 is 0 Å². The molecule has 0 saturated heterocycles. The van der Waals surface area contributed by atoms with E-state index in [1.807, 2.05) is 18.2 Å². The van der Waals surface area contributed by atoms with E-state index in [2.05, 4.69) is 55.2 Å². The van der Waals surface area contributed by atoms with Crippen LogP contribution in [-0.2, 0) is 12.8 Å². The van der Waals surface area contributed by atoms with Crippen molar-refractivity contribution in [1.82, 2.24) is 4.98 Å². The average molecular weight is 277 g/mol. The van der Waals surface area contributed by atoms with Crippen molar-refractivity contribution < 1.29 is 0 Å². The Hall–Kier alpha value is -2.02. The highest BCUT2D eigenvalue weighted by atomic mass is 14.7. The first-order valence-corrected chi connectivity index (χ1v) is 7.84. The van der Waals surface area contributed by atoms with Gasteiger partial charge >= 0.3 is 0 Å². The van der Waals surface area contributed by atoms with Gasteiger partial charge in [0.25, 0.3) is 0 Å². The zero-order valence-electron chi connectivity index (χ0n) is 12.9. The monoisotopic (exact) mass is 277 g/mol. The Morgan fingerprint density at radius 3 is 2.38 bits per heavy atom. The maximum absolute atomic E-state index is 3.54. The first-order valence-electron chi connectivity index (χ1n) is 7.84. The van der Waals surface area contributed by atoms with Gasteiger partial charge in [0.1, 0.15) is 0 Å². The Bertz CT molecular complexity index is 709. The number of para-hydroxylation sites is 1. The van der Waals surface area contributed by atoms with Crippen LogP contribution >= 0.6 is 0 Å². The van der Waals surface area contributed by atoms with Crippen LogP contribution in [0.2, 0.25) is 0 Å². The highest BCUT2D eigenvalue weighted by Gasteiger charge is 2.18. The molecule has 1 N–H and O–H groups in total. The molecule has 0 spiro atoms. The average Bonchev–Trinajstić information content (AvgIpc) is 2.87. The summed E-state index contributed by atoms with van der Waals surface area (Å²) in [6.07, 6.45) is 3.81. The molecule has 1 heterocycles. The summed E-state index contributed by atoms with van der Waals surface area (Å²) < 4.78 is 0. The van der Waals surface area contributed by atoms with E-state index >= 15 is 0 Å². The van der Waals surface area contributed by atoms with Gasteiger partial charge in [0.05, 0.1) is 0 Å². The standard InChI is InChI=1S/C13H15N.C7H8/c1-9-6-7-13-11(8-9)10-4-2-3-5-12(10)14-13;1-7-5-3-2-4-6-7/h2-5,9,14H,6-8H2,1H3;2-6H,1H3. The highest BCUT2D eigenvalue weighted by molar-refractivity contribution is 5.84. The Balaban J connectivity index is 0.000000160. The van der Waals surface area contributed by atoms with Gasteiger partial charge in [0.2, 0.25) is 0 Å². The van der Waals surface area contributed by atoms with Gasteiger partial charge in [-0.1, -0.05) is 61.0 Å². The molecule has 1 aliphatic carbocycles. The van der Waals surface area contributed by atoms with Crippen molar-refractivity contribution in [2.24, 2.45) is 5.92 Å². The molecule has 1 aliphatic rings. The molecule has 1 nitrogen and oxygen atoms in total. The third kappa shape index (κ3) is 3.18. The summed E-state index contributed by atoms with van der Waals surface area (Å²) in [4.78, 5) is 3.54. The number of benzene rings is 2. The van der Waals surface area contributed by atoms with Crippen molar-refractivity contribution in [3.05, 3.63) is 71.4 Å². The van der Waals surface area contributed by atoms with Crippen LogP contribution in [0.1, 0.15) is 30.2 Å². The van der Waals surface area contributed by atoms with Crippen LogP contribution in [0, 0.1) is 12.8 Å². The molecule has 4 rings (SSSR count). The molecule has 0 radical (unpaired) electrons. The molecular formula is C20H23N. The van der Waals surface area contributed by atoms with Crippen molar-refractivity contribution in [2.75, 3.05) is 0 Å². The summed E-state index contributed by atoms with van der Waals surface area (Å²) in [5.74, 6) is 0.849. The van der Waals surface area contributed by atoms with E-state index in [1.54, 1.807) is 5.56 Å². The van der Waals surface area contributed by atoms with Crippen molar-refractivity contribution >= 4 is 10.9 Å². The molecule has 1 unspecified atom stereocenters. The third-order valence-corrected chi connectivity index (χ3v) is 4.28. The summed E-state index contributed by atoms with van der Waals surface area (Å²) in [5.41, 5.74) is 5.68. The molecule has 0 bridgehead atoms. The lowest BCUT2D eigenvalue weighted by Crippen LogP contribution is -2.09. The van der Waals surface area contributed by atoms with Crippen molar-refractivity contribution in [2.45, 2.75) is 33.1 Å². The summed E-state index contributed by atoms with van der Waals surface area (Å²) in [7, 11) is 0. The SMILES string of the molecule is CC1CCc2[nH]c3ccccc3c2C1.Cc1ccccc1. The van der Waals surface area contributed by atoms with Gasteiger partial charge in [0, 0.05) is 16.6 Å². The molecule has 1 aromatic heterocycles. The summed E-state index contributed by atoms with van der Waals surface area (Å²) in [5, 5.41) is 1.44. The van der Waals surface area contributed by atoms with Crippen LogP contribution < -0.4 is 0 Å². The Kier molecular flexibility index (Phi) is 4.10. The highest BCUT2D eigenvalue weighted by Crippen LogP contribution is 2.31. The number of H-pyrrole nitrogens is 1. The van der Waals surface area contributed by atoms with Crippen LogP contribution in [0.25, 0.3) is 10.9 Å². The normalized spacial score (nSPS) is 17.0. The number of hydrogen-bond donors (Lipinski definition) is 1. The van der Waals surface area contributed by atoms with Crippen molar-refractivity contribution in [1.29, 1.82) is 0 Å².